The molecule has 2 N–H and O–H groups in total. The summed E-state index contributed by atoms with van der Waals surface area (Å²) in [5.74, 6) is 3.80. The van der Waals surface area contributed by atoms with Gasteiger partial charge < -0.3 is 0 Å². The third-order valence-electron chi connectivity index (χ3n) is 6.49. The first kappa shape index (κ1) is 21.0. The van der Waals surface area contributed by atoms with Crippen molar-refractivity contribution in [1.82, 2.24) is 10.5 Å². The summed E-state index contributed by atoms with van der Waals surface area (Å²) in [5, 5.41) is 10.6. The van der Waals surface area contributed by atoms with Gasteiger partial charge in [0.2, 0.25) is 0 Å². The molecule has 1 aliphatic carbocycles. The highest BCUT2D eigenvalue weighted by molar-refractivity contribution is 5.86. The maximum Gasteiger partial charge on any atom is 0.129 e. The van der Waals surface area contributed by atoms with Crippen molar-refractivity contribution in [3.63, 3.8) is 0 Å². The predicted octanol–water partition coefficient (Wildman–Crippen LogP) is 5.97. The van der Waals surface area contributed by atoms with Gasteiger partial charge in [-0.05, 0) is 91.6 Å². The minimum Gasteiger partial charge on any atom is -0.290 e. The number of fused-ring (bicyclic) bond motifs is 1. The largest absolute Gasteiger partial charge is 0.290 e. The van der Waals surface area contributed by atoms with Gasteiger partial charge in [0, 0.05) is 23.1 Å². The fraction of sp³-hybridized carbons (Fsp3) is 0.308. The molecule has 0 aliphatic heterocycles. The van der Waals surface area contributed by atoms with E-state index in [2.05, 4.69) is 28.3 Å². The molecule has 1 unspecified atom stereocenters. The number of aliphatic imine (C=N–C) groups is 1. The molecule has 0 spiro atoms. The zero-order chi connectivity index (χ0) is 21.8. The molecule has 158 valence electrons. The highest BCUT2D eigenvalue weighted by Gasteiger charge is 2.29. The standard InChI is InChI=1S/C26H26FN3O/c1-3-18-4-11-22(12-5-18)29-26(30-31)17(2)19-6-8-20(9-7-19)23-14-15-28-25-13-10-21(27)16-24(23)25/h1,4-5,10-17,19-20,31H,6-9H2,2H3,(H,29,30). The lowest BCUT2D eigenvalue weighted by molar-refractivity contribution is 0.213. The molecule has 5 heteroatoms. The van der Waals surface area contributed by atoms with E-state index >= 15 is 0 Å². The van der Waals surface area contributed by atoms with Crippen molar-refractivity contribution in [2.24, 2.45) is 16.8 Å². The molecule has 1 aromatic heterocycles. The average Bonchev–Trinajstić information content (AvgIpc) is 2.82. The van der Waals surface area contributed by atoms with Crippen LogP contribution in [-0.2, 0) is 0 Å². The van der Waals surface area contributed by atoms with Gasteiger partial charge in [-0.15, -0.1) is 6.42 Å². The Morgan fingerprint density at radius 2 is 1.90 bits per heavy atom. The van der Waals surface area contributed by atoms with Crippen LogP contribution in [0.1, 0.15) is 49.7 Å². The van der Waals surface area contributed by atoms with Crippen LogP contribution in [-0.4, -0.2) is 16.0 Å². The van der Waals surface area contributed by atoms with Gasteiger partial charge in [0.05, 0.1) is 11.2 Å². The number of hydrogen-bond donors (Lipinski definition) is 2. The number of nitrogens with zero attached hydrogens (tertiary/aromatic N) is 2. The fourth-order valence-electron chi connectivity index (χ4n) is 4.65. The number of hydroxylamine groups is 1. The van der Waals surface area contributed by atoms with Gasteiger partial charge in [0.15, 0.2) is 0 Å². The molecular formula is C26H26FN3O. The Labute approximate surface area is 182 Å². The SMILES string of the molecule is C#Cc1ccc(N=C(NO)C(C)C2CCC(c3ccnc4ccc(F)cc34)CC2)cc1. The van der Waals surface area contributed by atoms with Crippen LogP contribution in [0.15, 0.2) is 59.7 Å². The van der Waals surface area contributed by atoms with Crippen LogP contribution in [0, 0.1) is 30.0 Å². The molecule has 0 radical (unpaired) electrons. The third kappa shape index (κ3) is 4.60. The first-order chi connectivity index (χ1) is 15.1. The summed E-state index contributed by atoms with van der Waals surface area (Å²) in [6, 6.07) is 14.2. The van der Waals surface area contributed by atoms with E-state index in [-0.39, 0.29) is 11.7 Å². The number of nitrogens with one attached hydrogen (secondary N) is 1. The van der Waals surface area contributed by atoms with Crippen LogP contribution in [0.2, 0.25) is 0 Å². The number of halogens is 1. The van der Waals surface area contributed by atoms with E-state index in [4.69, 9.17) is 6.42 Å². The van der Waals surface area contributed by atoms with Crippen molar-refractivity contribution < 1.29 is 9.60 Å². The average molecular weight is 416 g/mol. The minimum absolute atomic E-state index is 0.0879. The molecular weight excluding hydrogens is 389 g/mol. The predicted molar refractivity (Wildman–Crippen MR) is 122 cm³/mol. The molecule has 1 fully saturated rings. The smallest absolute Gasteiger partial charge is 0.129 e. The molecule has 2 aromatic carbocycles. The van der Waals surface area contributed by atoms with Gasteiger partial charge in [0.1, 0.15) is 11.7 Å². The maximum absolute atomic E-state index is 13.8. The maximum atomic E-state index is 13.8. The van der Waals surface area contributed by atoms with Crippen LogP contribution >= 0.6 is 0 Å². The number of benzene rings is 2. The van der Waals surface area contributed by atoms with Crippen LogP contribution in [0.25, 0.3) is 10.9 Å². The quantitative estimate of drug-likeness (QED) is 0.239. The molecule has 4 nitrogen and oxygen atoms in total. The summed E-state index contributed by atoms with van der Waals surface area (Å²) in [6.07, 6.45) is 11.3. The summed E-state index contributed by atoms with van der Waals surface area (Å²) in [6.45, 7) is 2.10. The summed E-state index contributed by atoms with van der Waals surface area (Å²) in [5.41, 5.74) is 5.88. The Morgan fingerprint density at radius 1 is 1.16 bits per heavy atom. The molecule has 0 amide bonds. The van der Waals surface area contributed by atoms with Gasteiger partial charge in [-0.2, -0.15) is 0 Å². The van der Waals surface area contributed by atoms with Crippen LogP contribution in [0.4, 0.5) is 10.1 Å². The zero-order valence-electron chi connectivity index (χ0n) is 17.6. The van der Waals surface area contributed by atoms with Gasteiger partial charge in [0.25, 0.3) is 0 Å². The molecule has 31 heavy (non-hydrogen) atoms. The van der Waals surface area contributed by atoms with Gasteiger partial charge in [-0.1, -0.05) is 12.8 Å². The summed E-state index contributed by atoms with van der Waals surface area (Å²) in [4.78, 5) is 8.97. The first-order valence-electron chi connectivity index (χ1n) is 10.7. The van der Waals surface area contributed by atoms with Gasteiger partial charge in [-0.3, -0.25) is 15.7 Å². The van der Waals surface area contributed by atoms with Crippen LogP contribution < -0.4 is 5.48 Å². The van der Waals surface area contributed by atoms with E-state index in [1.807, 2.05) is 36.5 Å². The molecule has 0 bridgehead atoms. The first-order valence-corrected chi connectivity index (χ1v) is 10.7. The number of amidine groups is 1. The monoisotopic (exact) mass is 415 g/mol. The Kier molecular flexibility index (Phi) is 6.29. The van der Waals surface area contributed by atoms with Crippen molar-refractivity contribution in [2.45, 2.75) is 38.5 Å². The highest BCUT2D eigenvalue weighted by atomic mass is 19.1. The van der Waals surface area contributed by atoms with E-state index in [0.717, 1.165) is 47.8 Å². The highest BCUT2D eigenvalue weighted by Crippen LogP contribution is 2.41. The second-order valence-electron chi connectivity index (χ2n) is 8.26. The lowest BCUT2D eigenvalue weighted by Crippen LogP contribution is -2.33. The van der Waals surface area contributed by atoms with E-state index < -0.39 is 0 Å². The Balaban J connectivity index is 1.47. The lowest BCUT2D eigenvalue weighted by atomic mass is 9.73. The number of pyridine rings is 1. The van der Waals surface area contributed by atoms with Crippen molar-refractivity contribution in [1.29, 1.82) is 0 Å². The van der Waals surface area contributed by atoms with E-state index in [0.29, 0.717) is 17.7 Å². The fourth-order valence-corrected chi connectivity index (χ4v) is 4.65. The molecule has 1 aliphatic rings. The van der Waals surface area contributed by atoms with Crippen molar-refractivity contribution in [3.8, 4) is 12.3 Å². The van der Waals surface area contributed by atoms with E-state index in [1.165, 1.54) is 11.6 Å². The minimum atomic E-state index is -0.228. The Bertz CT molecular complexity index is 1130. The second kappa shape index (κ2) is 9.28. The number of aromatic nitrogens is 1. The molecule has 4 rings (SSSR count). The molecule has 1 heterocycles. The summed E-state index contributed by atoms with van der Waals surface area (Å²) < 4.78 is 13.8. The number of hydrogen-bond acceptors (Lipinski definition) is 3. The lowest BCUT2D eigenvalue weighted by Gasteiger charge is -2.33. The van der Waals surface area contributed by atoms with Gasteiger partial charge >= 0.3 is 0 Å². The second-order valence-corrected chi connectivity index (χ2v) is 8.26. The van der Waals surface area contributed by atoms with E-state index in [9.17, 15) is 9.60 Å². The summed E-state index contributed by atoms with van der Waals surface area (Å²) >= 11 is 0. The molecule has 1 atom stereocenters. The molecule has 3 aromatic rings. The zero-order valence-corrected chi connectivity index (χ0v) is 17.6. The third-order valence-corrected chi connectivity index (χ3v) is 6.49. The summed E-state index contributed by atoms with van der Waals surface area (Å²) in [7, 11) is 0. The number of rotatable bonds is 4. The van der Waals surface area contributed by atoms with E-state index in [1.54, 1.807) is 12.1 Å². The molecule has 0 saturated heterocycles. The number of terminal acetylenes is 1. The topological polar surface area (TPSA) is 57.5 Å². The normalized spacial score (nSPS) is 20.3. The van der Waals surface area contributed by atoms with Crippen LogP contribution in [0.5, 0.6) is 0 Å². The molecule has 1 saturated carbocycles. The Morgan fingerprint density at radius 3 is 2.58 bits per heavy atom. The van der Waals surface area contributed by atoms with Gasteiger partial charge in [-0.25, -0.2) is 9.38 Å². The van der Waals surface area contributed by atoms with Crippen molar-refractivity contribution >= 4 is 22.4 Å². The Hall–Kier alpha value is -3.23. The van der Waals surface area contributed by atoms with Crippen LogP contribution in [0.3, 0.4) is 0 Å². The van der Waals surface area contributed by atoms with Crippen molar-refractivity contribution in [2.75, 3.05) is 0 Å². The van der Waals surface area contributed by atoms with Crippen molar-refractivity contribution in [3.05, 3.63) is 71.7 Å².